The van der Waals surface area contributed by atoms with E-state index < -0.39 is 29.2 Å². The van der Waals surface area contributed by atoms with Crippen LogP contribution in [0, 0.1) is 0 Å². The molecule has 2 amide bonds. The topological polar surface area (TPSA) is 193 Å². The highest BCUT2D eigenvalue weighted by molar-refractivity contribution is 8.00. The molecule has 0 radical (unpaired) electrons. The predicted molar refractivity (Wildman–Crippen MR) is 178 cm³/mol. The summed E-state index contributed by atoms with van der Waals surface area (Å²) in [5, 5.41) is 18.1. The number of nitrogens with two attached hydrogens (primary N) is 1. The van der Waals surface area contributed by atoms with Crippen molar-refractivity contribution in [3.8, 4) is 0 Å². The van der Waals surface area contributed by atoms with E-state index >= 15 is 0 Å². The number of β-lactam (4-membered cyclic amide) rings is 1. The third kappa shape index (κ3) is 9.98. The number of ether oxygens (including phenoxy) is 1. The number of hydrogen-bond acceptors (Lipinski definition) is 13. The van der Waals surface area contributed by atoms with Crippen molar-refractivity contribution < 1.29 is 38.4 Å². The van der Waals surface area contributed by atoms with E-state index in [-0.39, 0.29) is 48.1 Å². The molecule has 0 bridgehead atoms. The van der Waals surface area contributed by atoms with Crippen LogP contribution in [0.3, 0.4) is 0 Å². The minimum Gasteiger partial charge on any atom is -0.543 e. The number of nitrogen functional groups attached to an aromatic ring is 1. The molecule has 1 fully saturated rings. The number of thioether (sulfide) groups is 1. The fourth-order valence-electron chi connectivity index (χ4n) is 5.37. The largest absolute Gasteiger partial charge is 0.543 e. The van der Waals surface area contributed by atoms with Crippen LogP contribution >= 0.6 is 23.3 Å². The van der Waals surface area contributed by atoms with Gasteiger partial charge >= 0.3 is 5.97 Å². The van der Waals surface area contributed by atoms with Crippen molar-refractivity contribution in [2.75, 3.05) is 18.1 Å². The Balaban J connectivity index is 1.27. The average molecular weight is 702 g/mol. The molecule has 1 unspecified atom stereocenters. The number of carboxylic acids is 1. The molecular formula is C32H43N7O7S2. The van der Waals surface area contributed by atoms with Crippen molar-refractivity contribution in [1.29, 1.82) is 0 Å². The average Bonchev–Trinajstić information content (AvgIpc) is 3.51. The Morgan fingerprint density at radius 1 is 1.10 bits per heavy atom. The maximum atomic E-state index is 13.2. The van der Waals surface area contributed by atoms with E-state index in [0.717, 1.165) is 41.3 Å². The molecule has 4 rings (SSSR count). The summed E-state index contributed by atoms with van der Waals surface area (Å²) in [6.45, 7) is 4.43. The number of carbonyl (C=O) groups excluding carboxylic acids is 4. The zero-order valence-electron chi connectivity index (χ0n) is 27.4. The van der Waals surface area contributed by atoms with Crippen LogP contribution in [-0.2, 0) is 41.9 Å². The SMILES string of the molecule is CCCCCCCCCCCC(=O)OCc1cc[n+](CC2=C(C(=O)[O-])N3C(=O)C(NC(=O)C(=NOCC)c4nsc(N)n4)[C@H]3SC2)cc1. The summed E-state index contributed by atoms with van der Waals surface area (Å²) in [6, 6.07) is 2.60. The molecule has 0 spiro atoms. The maximum Gasteiger partial charge on any atom is 0.306 e. The number of pyridine rings is 1. The Hall–Kier alpha value is -4.05. The van der Waals surface area contributed by atoms with Crippen molar-refractivity contribution in [2.24, 2.45) is 5.16 Å². The van der Waals surface area contributed by atoms with Crippen LogP contribution in [0.15, 0.2) is 41.0 Å². The second-order valence-electron chi connectivity index (χ2n) is 11.5. The van der Waals surface area contributed by atoms with E-state index in [2.05, 4.69) is 26.8 Å². The summed E-state index contributed by atoms with van der Waals surface area (Å²) in [5.41, 5.74) is 6.47. The summed E-state index contributed by atoms with van der Waals surface area (Å²) in [5.74, 6) is -2.80. The van der Waals surface area contributed by atoms with Gasteiger partial charge in [-0.2, -0.15) is 9.36 Å². The minimum atomic E-state index is -1.48. The maximum absolute atomic E-state index is 13.2. The molecule has 2 aromatic heterocycles. The lowest BCUT2D eigenvalue weighted by molar-refractivity contribution is -0.689. The molecule has 16 heteroatoms. The first kappa shape index (κ1) is 36.8. The smallest absolute Gasteiger partial charge is 0.306 e. The van der Waals surface area contributed by atoms with Gasteiger partial charge in [-0.05, 0) is 13.3 Å². The van der Waals surface area contributed by atoms with Crippen LogP contribution in [0.4, 0.5) is 5.13 Å². The molecule has 2 atom stereocenters. The number of carboxylic acid groups (broad SMARTS) is 1. The van der Waals surface area contributed by atoms with Crippen molar-refractivity contribution >= 4 is 57.9 Å². The number of aromatic nitrogens is 3. The van der Waals surface area contributed by atoms with Crippen molar-refractivity contribution in [2.45, 2.75) is 103 Å². The lowest BCUT2D eigenvalue weighted by Crippen LogP contribution is -2.71. The normalized spacial score (nSPS) is 17.5. The highest BCUT2D eigenvalue weighted by atomic mass is 32.2. The van der Waals surface area contributed by atoms with E-state index in [9.17, 15) is 24.3 Å². The molecule has 14 nitrogen and oxygen atoms in total. The van der Waals surface area contributed by atoms with Crippen LogP contribution in [0.1, 0.15) is 89.4 Å². The quantitative estimate of drug-likeness (QED) is 0.0514. The van der Waals surface area contributed by atoms with Crippen molar-refractivity contribution in [3.63, 3.8) is 0 Å². The first-order valence-electron chi connectivity index (χ1n) is 16.4. The van der Waals surface area contributed by atoms with Gasteiger partial charge in [-0.1, -0.05) is 63.4 Å². The number of aliphatic carboxylic acids is 1. The molecule has 0 aliphatic carbocycles. The van der Waals surface area contributed by atoms with Gasteiger partial charge < -0.3 is 30.5 Å². The minimum absolute atomic E-state index is 0.0451. The number of unbranched alkanes of at least 4 members (excludes halogenated alkanes) is 8. The van der Waals surface area contributed by atoms with E-state index in [4.69, 9.17) is 15.3 Å². The van der Waals surface area contributed by atoms with Crippen LogP contribution in [0.5, 0.6) is 0 Å². The first-order chi connectivity index (χ1) is 23.2. The fourth-order valence-corrected chi connectivity index (χ4v) is 7.14. The van der Waals surface area contributed by atoms with Gasteiger partial charge in [-0.25, -0.2) is 4.57 Å². The highest BCUT2D eigenvalue weighted by Gasteiger charge is 2.53. The highest BCUT2D eigenvalue weighted by Crippen LogP contribution is 2.40. The molecule has 3 N–H and O–H groups in total. The second kappa shape index (κ2) is 18.5. The Labute approximate surface area is 288 Å². The number of carbonyl (C=O) groups is 4. The van der Waals surface area contributed by atoms with Crippen LogP contribution in [-0.4, -0.2) is 67.5 Å². The lowest BCUT2D eigenvalue weighted by atomic mass is 10.0. The van der Waals surface area contributed by atoms with Gasteiger partial charge in [0.2, 0.25) is 11.5 Å². The zero-order chi connectivity index (χ0) is 34.5. The van der Waals surface area contributed by atoms with Gasteiger partial charge in [-0.15, -0.1) is 11.8 Å². The van der Waals surface area contributed by atoms with Gasteiger partial charge in [-0.3, -0.25) is 19.3 Å². The molecule has 260 valence electrons. The van der Waals surface area contributed by atoms with Gasteiger partial charge in [0.15, 0.2) is 24.1 Å². The summed E-state index contributed by atoms with van der Waals surface area (Å²) in [4.78, 5) is 60.8. The molecular weight excluding hydrogens is 659 g/mol. The Kier molecular flexibility index (Phi) is 14.2. The number of fused-ring (bicyclic) bond motifs is 1. The lowest BCUT2D eigenvalue weighted by Gasteiger charge is -2.50. The predicted octanol–water partition coefficient (Wildman–Crippen LogP) is 2.22. The molecule has 48 heavy (non-hydrogen) atoms. The number of nitrogens with zero attached hydrogens (tertiary/aromatic N) is 5. The summed E-state index contributed by atoms with van der Waals surface area (Å²) in [6.07, 6.45) is 14.6. The molecule has 2 aromatic rings. The zero-order valence-corrected chi connectivity index (χ0v) is 29.0. The number of esters is 1. The number of amides is 2. The molecule has 2 aliphatic rings. The standard InChI is InChI=1S/C32H43N7O7S2/c1-3-5-6-7-8-9-10-11-12-13-23(40)45-19-21-14-16-38(17-15-21)18-22-20-47-30-25(29(42)39(30)26(22)31(43)44)34-28(41)24(36-46-4-2)27-35-32(33)48-37-27/h14-17,25,30H,3-13,18-20H2,1-2H3,(H3-,33,34,35,37,41,43,44)/t25?,30-/m1/s1. The summed E-state index contributed by atoms with van der Waals surface area (Å²) < 4.78 is 11.2. The third-order valence-corrected chi connectivity index (χ3v) is 9.78. The monoisotopic (exact) mass is 701 g/mol. The van der Waals surface area contributed by atoms with E-state index in [1.807, 2.05) is 0 Å². The Bertz CT molecular complexity index is 1500. The number of anilines is 1. The van der Waals surface area contributed by atoms with E-state index in [1.54, 1.807) is 36.0 Å². The molecule has 4 heterocycles. The summed E-state index contributed by atoms with van der Waals surface area (Å²) >= 11 is 2.20. The van der Waals surface area contributed by atoms with E-state index in [1.165, 1.54) is 50.3 Å². The number of rotatable bonds is 20. The number of oxime groups is 1. The molecule has 1 saturated heterocycles. The fraction of sp³-hybridized carbons (Fsp3) is 0.562. The van der Waals surface area contributed by atoms with Crippen LogP contribution in [0.2, 0.25) is 0 Å². The van der Waals surface area contributed by atoms with Crippen LogP contribution < -0.4 is 20.7 Å². The molecule has 0 aromatic carbocycles. The number of nitrogens with one attached hydrogen (secondary N) is 1. The van der Waals surface area contributed by atoms with E-state index in [0.29, 0.717) is 17.7 Å². The molecule has 0 saturated carbocycles. The van der Waals surface area contributed by atoms with Gasteiger partial charge in [0.25, 0.3) is 11.8 Å². The van der Waals surface area contributed by atoms with Crippen LogP contribution in [0.25, 0.3) is 0 Å². The van der Waals surface area contributed by atoms with Crippen molar-refractivity contribution in [1.82, 2.24) is 19.6 Å². The Morgan fingerprint density at radius 3 is 2.42 bits per heavy atom. The second-order valence-corrected chi connectivity index (χ2v) is 13.4. The van der Waals surface area contributed by atoms with Crippen molar-refractivity contribution in [3.05, 3.63) is 47.2 Å². The van der Waals surface area contributed by atoms with Gasteiger partial charge in [0.05, 0.1) is 11.7 Å². The Morgan fingerprint density at radius 2 is 1.79 bits per heavy atom. The third-order valence-electron chi connectivity index (χ3n) is 7.90. The summed E-state index contributed by atoms with van der Waals surface area (Å²) in [7, 11) is 0. The van der Waals surface area contributed by atoms with Gasteiger partial charge in [0.1, 0.15) is 24.6 Å². The number of hydrogen-bond donors (Lipinski definition) is 2. The first-order valence-corrected chi connectivity index (χ1v) is 18.2. The molecule has 2 aliphatic heterocycles. The van der Waals surface area contributed by atoms with Gasteiger partial charge in [0, 0.05) is 47.0 Å².